The van der Waals surface area contributed by atoms with Crippen molar-refractivity contribution in [1.82, 2.24) is 15.2 Å². The highest BCUT2D eigenvalue weighted by molar-refractivity contribution is 4.91. The number of nitrogens with one attached hydrogen (secondary N) is 1. The van der Waals surface area contributed by atoms with E-state index in [4.69, 9.17) is 5.73 Å². The van der Waals surface area contributed by atoms with Crippen molar-refractivity contribution in [2.24, 2.45) is 11.7 Å². The molecule has 4 heteroatoms. The number of hydrogen-bond acceptors (Lipinski definition) is 3. The highest BCUT2D eigenvalue weighted by Gasteiger charge is 2.10. The molecular formula is C8H16N4. The zero-order chi connectivity index (χ0) is 9.14. The molecule has 0 saturated heterocycles. The highest BCUT2D eigenvalue weighted by atomic mass is 15.2. The first-order chi connectivity index (χ1) is 5.59. The third-order valence-corrected chi connectivity index (χ3v) is 1.92. The van der Waals surface area contributed by atoms with Gasteiger partial charge in [-0.15, -0.1) is 0 Å². The first-order valence-electron chi connectivity index (χ1n) is 4.23. The van der Waals surface area contributed by atoms with Crippen LogP contribution in [0.2, 0.25) is 0 Å². The molecule has 1 rings (SSSR count). The Morgan fingerprint density at radius 1 is 1.50 bits per heavy atom. The van der Waals surface area contributed by atoms with Crippen LogP contribution in [0, 0.1) is 12.8 Å². The minimum Gasteiger partial charge on any atom is -0.327 e. The molecule has 12 heavy (non-hydrogen) atoms. The Labute approximate surface area is 72.6 Å². The summed E-state index contributed by atoms with van der Waals surface area (Å²) in [6.45, 7) is 6.09. The lowest BCUT2D eigenvalue weighted by molar-refractivity contribution is 0.482. The summed E-state index contributed by atoms with van der Waals surface area (Å²) in [5.74, 6) is 2.14. The predicted molar refractivity (Wildman–Crippen MR) is 47.6 cm³/mol. The summed E-state index contributed by atoms with van der Waals surface area (Å²) >= 11 is 0. The van der Waals surface area contributed by atoms with Crippen molar-refractivity contribution in [3.8, 4) is 0 Å². The lowest BCUT2D eigenvalue weighted by Gasteiger charge is -2.12. The van der Waals surface area contributed by atoms with E-state index in [1.54, 1.807) is 0 Å². The van der Waals surface area contributed by atoms with E-state index in [2.05, 4.69) is 29.0 Å². The van der Waals surface area contributed by atoms with Crippen molar-refractivity contribution in [1.29, 1.82) is 0 Å². The molecule has 1 aromatic rings. The van der Waals surface area contributed by atoms with Crippen molar-refractivity contribution >= 4 is 0 Å². The van der Waals surface area contributed by atoms with Gasteiger partial charge in [0.1, 0.15) is 5.82 Å². The lowest BCUT2D eigenvalue weighted by atomic mass is 10.0. The normalized spacial score (nSPS) is 13.8. The maximum absolute atomic E-state index is 5.86. The van der Waals surface area contributed by atoms with E-state index in [1.807, 2.05) is 6.92 Å². The summed E-state index contributed by atoms with van der Waals surface area (Å²) in [6.07, 6.45) is 0.752. The minimum atomic E-state index is 0.153. The summed E-state index contributed by atoms with van der Waals surface area (Å²) < 4.78 is 0. The van der Waals surface area contributed by atoms with Gasteiger partial charge in [-0.1, -0.05) is 13.8 Å². The molecule has 0 aliphatic heterocycles. The number of nitrogens with zero attached hydrogens (tertiary/aromatic N) is 2. The highest BCUT2D eigenvalue weighted by Crippen LogP contribution is 2.03. The fourth-order valence-electron chi connectivity index (χ4n) is 0.927. The van der Waals surface area contributed by atoms with Gasteiger partial charge in [-0.25, -0.2) is 4.98 Å². The number of hydrogen-bond donors (Lipinski definition) is 2. The van der Waals surface area contributed by atoms with Gasteiger partial charge in [0.25, 0.3) is 0 Å². The van der Waals surface area contributed by atoms with E-state index >= 15 is 0 Å². The van der Waals surface area contributed by atoms with E-state index < -0.39 is 0 Å². The molecule has 68 valence electrons. The molecule has 0 saturated carbocycles. The third kappa shape index (κ3) is 2.30. The zero-order valence-corrected chi connectivity index (χ0v) is 7.83. The van der Waals surface area contributed by atoms with Crippen LogP contribution in [0.5, 0.6) is 0 Å². The van der Waals surface area contributed by atoms with Crippen LogP contribution in [0.1, 0.15) is 25.5 Å². The number of H-pyrrole nitrogens is 1. The maximum Gasteiger partial charge on any atom is 0.152 e. The van der Waals surface area contributed by atoms with Gasteiger partial charge < -0.3 is 5.73 Å². The monoisotopic (exact) mass is 168 g/mol. The molecule has 0 amide bonds. The van der Waals surface area contributed by atoms with Gasteiger partial charge >= 0.3 is 0 Å². The second-order valence-electron chi connectivity index (χ2n) is 3.45. The van der Waals surface area contributed by atoms with Crippen LogP contribution in [0.3, 0.4) is 0 Å². The van der Waals surface area contributed by atoms with Crippen LogP contribution >= 0.6 is 0 Å². The summed E-state index contributed by atoms with van der Waals surface area (Å²) in [6, 6.07) is 0.153. The van der Waals surface area contributed by atoms with Crippen molar-refractivity contribution in [3.05, 3.63) is 11.6 Å². The quantitative estimate of drug-likeness (QED) is 0.696. The largest absolute Gasteiger partial charge is 0.327 e. The molecule has 1 atom stereocenters. The zero-order valence-electron chi connectivity index (χ0n) is 7.83. The summed E-state index contributed by atoms with van der Waals surface area (Å²) in [4.78, 5) is 4.19. The molecule has 0 bridgehead atoms. The smallest absolute Gasteiger partial charge is 0.152 e. The molecule has 0 aromatic carbocycles. The summed E-state index contributed by atoms with van der Waals surface area (Å²) in [5.41, 5.74) is 5.86. The van der Waals surface area contributed by atoms with Gasteiger partial charge in [0.05, 0.1) is 0 Å². The van der Waals surface area contributed by atoms with Crippen molar-refractivity contribution in [2.45, 2.75) is 33.2 Å². The topological polar surface area (TPSA) is 67.6 Å². The third-order valence-electron chi connectivity index (χ3n) is 1.92. The average molecular weight is 168 g/mol. The van der Waals surface area contributed by atoms with Crippen molar-refractivity contribution in [3.63, 3.8) is 0 Å². The molecule has 1 heterocycles. The second kappa shape index (κ2) is 3.67. The standard InChI is InChI=1S/C8H16N4/c1-5(2)7(9)4-8-10-6(3)11-12-8/h5,7H,4,9H2,1-3H3,(H,10,11,12). The maximum atomic E-state index is 5.86. The number of nitrogens with two attached hydrogens (primary N) is 1. The van der Waals surface area contributed by atoms with Gasteiger partial charge in [0.15, 0.2) is 5.82 Å². The van der Waals surface area contributed by atoms with Gasteiger partial charge in [-0.3, -0.25) is 5.10 Å². The Morgan fingerprint density at radius 2 is 2.17 bits per heavy atom. The van der Waals surface area contributed by atoms with Crippen molar-refractivity contribution in [2.75, 3.05) is 0 Å². The molecule has 0 fully saturated rings. The first kappa shape index (κ1) is 9.19. The van der Waals surface area contributed by atoms with Crippen LogP contribution in [0.4, 0.5) is 0 Å². The fraction of sp³-hybridized carbons (Fsp3) is 0.750. The molecule has 0 spiro atoms. The Morgan fingerprint density at radius 3 is 2.58 bits per heavy atom. The molecular weight excluding hydrogens is 152 g/mol. The first-order valence-corrected chi connectivity index (χ1v) is 4.23. The lowest BCUT2D eigenvalue weighted by Crippen LogP contribution is -2.29. The molecule has 0 aliphatic rings. The Kier molecular flexibility index (Phi) is 2.81. The molecule has 1 unspecified atom stereocenters. The predicted octanol–water partition coefficient (Wildman–Crippen LogP) is 0.639. The van der Waals surface area contributed by atoms with Gasteiger partial charge in [0, 0.05) is 12.5 Å². The summed E-state index contributed by atoms with van der Waals surface area (Å²) in [5, 5.41) is 6.82. The van der Waals surface area contributed by atoms with Gasteiger partial charge in [-0.2, -0.15) is 5.10 Å². The van der Waals surface area contributed by atoms with E-state index in [9.17, 15) is 0 Å². The molecule has 3 N–H and O–H groups in total. The molecule has 4 nitrogen and oxygen atoms in total. The fourth-order valence-corrected chi connectivity index (χ4v) is 0.927. The Hall–Kier alpha value is -0.900. The SMILES string of the molecule is Cc1nc(CC(N)C(C)C)n[nH]1. The molecule has 0 aliphatic carbocycles. The Bertz CT molecular complexity index is 241. The average Bonchev–Trinajstić information content (AvgIpc) is 2.35. The van der Waals surface area contributed by atoms with E-state index in [0.29, 0.717) is 5.92 Å². The van der Waals surface area contributed by atoms with Crippen LogP contribution in [-0.4, -0.2) is 21.2 Å². The van der Waals surface area contributed by atoms with Crippen LogP contribution in [0.15, 0.2) is 0 Å². The van der Waals surface area contributed by atoms with E-state index in [0.717, 1.165) is 18.1 Å². The van der Waals surface area contributed by atoms with Crippen LogP contribution in [0.25, 0.3) is 0 Å². The van der Waals surface area contributed by atoms with E-state index in [-0.39, 0.29) is 6.04 Å². The summed E-state index contributed by atoms with van der Waals surface area (Å²) in [7, 11) is 0. The van der Waals surface area contributed by atoms with Crippen LogP contribution in [-0.2, 0) is 6.42 Å². The van der Waals surface area contributed by atoms with E-state index in [1.165, 1.54) is 0 Å². The number of rotatable bonds is 3. The van der Waals surface area contributed by atoms with Crippen molar-refractivity contribution < 1.29 is 0 Å². The Balaban J connectivity index is 2.52. The van der Waals surface area contributed by atoms with Crippen LogP contribution < -0.4 is 5.73 Å². The molecule has 1 aromatic heterocycles. The minimum absolute atomic E-state index is 0.153. The second-order valence-corrected chi connectivity index (χ2v) is 3.45. The number of aryl methyl sites for hydroxylation is 1. The van der Waals surface area contributed by atoms with Gasteiger partial charge in [0.2, 0.25) is 0 Å². The molecule has 0 radical (unpaired) electrons. The number of aromatic amines is 1. The number of aromatic nitrogens is 3. The van der Waals surface area contributed by atoms with Gasteiger partial charge in [-0.05, 0) is 12.8 Å².